The lowest BCUT2D eigenvalue weighted by atomic mass is 10.3. The third-order valence-electron chi connectivity index (χ3n) is 4.33. The molecule has 0 radical (unpaired) electrons. The first-order valence-electron chi connectivity index (χ1n) is 8.36. The normalized spacial score (nSPS) is 16.0. The van der Waals surface area contributed by atoms with Crippen LogP contribution in [0.3, 0.4) is 0 Å². The maximum Gasteiger partial charge on any atom is 0.356 e. The van der Waals surface area contributed by atoms with Gasteiger partial charge < -0.3 is 14.7 Å². The Bertz CT molecular complexity index is 900. The minimum Gasteiger partial charge on any atom is -0.497 e. The van der Waals surface area contributed by atoms with Gasteiger partial charge in [0.2, 0.25) is 10.0 Å². The molecule has 1 aromatic carbocycles. The molecule has 2 heterocycles. The van der Waals surface area contributed by atoms with Gasteiger partial charge in [0, 0.05) is 26.2 Å². The van der Waals surface area contributed by atoms with Crippen molar-refractivity contribution in [1.82, 2.24) is 14.3 Å². The summed E-state index contributed by atoms with van der Waals surface area (Å²) in [5.41, 5.74) is -0.128. The number of methoxy groups -OCH3 is 1. The van der Waals surface area contributed by atoms with Gasteiger partial charge in [-0.05, 0) is 30.7 Å². The van der Waals surface area contributed by atoms with Crippen molar-refractivity contribution in [2.45, 2.75) is 11.3 Å². The molecule has 9 nitrogen and oxygen atoms in total. The standard InChI is InChI=1S/C17H20N4O5S/c1-26-13-3-5-14(6-4-13)27(24,25)21-8-2-7-20(9-10-21)16-12-18-15(11-19-16)17(22)23/h3-6,11-12H,2,7-10H2,1H3,(H,22,23). The molecule has 27 heavy (non-hydrogen) atoms. The third-order valence-corrected chi connectivity index (χ3v) is 6.25. The molecule has 0 saturated carbocycles. The Hall–Kier alpha value is -2.72. The second-order valence-corrected chi connectivity index (χ2v) is 7.92. The van der Waals surface area contributed by atoms with Crippen molar-refractivity contribution in [3.63, 3.8) is 0 Å². The molecule has 2 aromatic rings. The van der Waals surface area contributed by atoms with Gasteiger partial charge in [-0.2, -0.15) is 4.31 Å². The molecule has 0 bridgehead atoms. The van der Waals surface area contributed by atoms with Gasteiger partial charge in [0.15, 0.2) is 5.69 Å². The molecule has 0 aliphatic carbocycles. The van der Waals surface area contributed by atoms with Crippen molar-refractivity contribution in [3.8, 4) is 5.75 Å². The Kier molecular flexibility index (Phi) is 5.57. The average molecular weight is 392 g/mol. The van der Waals surface area contributed by atoms with E-state index in [1.54, 1.807) is 12.1 Å². The number of hydrogen-bond acceptors (Lipinski definition) is 7. The third kappa shape index (κ3) is 4.17. The Labute approximate surface area is 157 Å². The van der Waals surface area contributed by atoms with Gasteiger partial charge in [0.05, 0.1) is 24.4 Å². The molecule has 1 aliphatic heterocycles. The number of benzene rings is 1. The van der Waals surface area contributed by atoms with Crippen LogP contribution in [0.25, 0.3) is 0 Å². The van der Waals surface area contributed by atoms with E-state index in [0.717, 1.165) is 0 Å². The molecular formula is C17H20N4O5S. The number of hydrogen-bond donors (Lipinski definition) is 1. The molecule has 3 rings (SSSR count). The Balaban J connectivity index is 1.72. The van der Waals surface area contributed by atoms with Gasteiger partial charge in [-0.1, -0.05) is 0 Å². The van der Waals surface area contributed by atoms with Gasteiger partial charge in [0.25, 0.3) is 0 Å². The van der Waals surface area contributed by atoms with Gasteiger partial charge in [0.1, 0.15) is 11.6 Å². The Morgan fingerprint density at radius 3 is 2.41 bits per heavy atom. The van der Waals surface area contributed by atoms with Crippen LogP contribution >= 0.6 is 0 Å². The van der Waals surface area contributed by atoms with Gasteiger partial charge in [-0.25, -0.2) is 23.2 Å². The molecule has 1 fully saturated rings. The summed E-state index contributed by atoms with van der Waals surface area (Å²) in [5, 5.41) is 8.90. The molecule has 1 aliphatic rings. The molecule has 0 atom stereocenters. The SMILES string of the molecule is COc1ccc(S(=O)(=O)N2CCCN(c3cnc(C(=O)O)cn3)CC2)cc1. The van der Waals surface area contributed by atoms with E-state index in [9.17, 15) is 13.2 Å². The van der Waals surface area contributed by atoms with Crippen LogP contribution in [0.2, 0.25) is 0 Å². The maximum atomic E-state index is 12.9. The number of aromatic carboxylic acids is 1. The van der Waals surface area contributed by atoms with Gasteiger partial charge >= 0.3 is 5.97 Å². The first-order valence-corrected chi connectivity index (χ1v) is 9.80. The van der Waals surface area contributed by atoms with Crippen molar-refractivity contribution >= 4 is 21.8 Å². The van der Waals surface area contributed by atoms with Crippen LogP contribution in [-0.2, 0) is 10.0 Å². The number of ether oxygens (including phenoxy) is 1. The zero-order chi connectivity index (χ0) is 19.4. The van der Waals surface area contributed by atoms with E-state index in [1.807, 2.05) is 4.90 Å². The molecule has 0 spiro atoms. The maximum absolute atomic E-state index is 12.9. The van der Waals surface area contributed by atoms with Crippen LogP contribution in [0.15, 0.2) is 41.6 Å². The number of rotatable bonds is 5. The van der Waals surface area contributed by atoms with Crippen LogP contribution in [0, 0.1) is 0 Å². The summed E-state index contributed by atoms with van der Waals surface area (Å²) in [6.45, 7) is 1.74. The molecule has 1 N–H and O–H groups in total. The molecule has 10 heteroatoms. The number of anilines is 1. The van der Waals surface area contributed by atoms with Crippen molar-refractivity contribution in [1.29, 1.82) is 0 Å². The quantitative estimate of drug-likeness (QED) is 0.804. The Morgan fingerprint density at radius 2 is 1.81 bits per heavy atom. The van der Waals surface area contributed by atoms with Crippen LogP contribution < -0.4 is 9.64 Å². The van der Waals surface area contributed by atoms with Crippen LogP contribution in [0.1, 0.15) is 16.9 Å². The highest BCUT2D eigenvalue weighted by Crippen LogP contribution is 2.21. The second kappa shape index (κ2) is 7.89. The molecule has 144 valence electrons. The van der Waals surface area contributed by atoms with E-state index in [4.69, 9.17) is 9.84 Å². The van der Waals surface area contributed by atoms with Crippen molar-refractivity contribution in [2.75, 3.05) is 38.2 Å². The summed E-state index contributed by atoms with van der Waals surface area (Å²) in [7, 11) is -2.07. The van der Waals surface area contributed by atoms with Gasteiger partial charge in [-0.15, -0.1) is 0 Å². The number of nitrogens with zero attached hydrogens (tertiary/aromatic N) is 4. The highest BCUT2D eigenvalue weighted by atomic mass is 32.2. The monoisotopic (exact) mass is 392 g/mol. The zero-order valence-electron chi connectivity index (χ0n) is 14.8. The molecule has 0 amide bonds. The van der Waals surface area contributed by atoms with Crippen molar-refractivity contribution in [3.05, 3.63) is 42.4 Å². The summed E-state index contributed by atoms with van der Waals surface area (Å²) in [4.78, 5) is 21.0. The van der Waals surface area contributed by atoms with Crippen molar-refractivity contribution in [2.24, 2.45) is 0 Å². The van der Waals surface area contributed by atoms with Crippen LogP contribution in [0.4, 0.5) is 5.82 Å². The van der Waals surface area contributed by atoms with Gasteiger partial charge in [-0.3, -0.25) is 0 Å². The lowest BCUT2D eigenvalue weighted by Gasteiger charge is -2.22. The first kappa shape index (κ1) is 19.1. The van der Waals surface area contributed by atoms with E-state index < -0.39 is 16.0 Å². The van der Waals surface area contributed by atoms with E-state index in [-0.39, 0.29) is 10.6 Å². The summed E-state index contributed by atoms with van der Waals surface area (Å²) in [6.07, 6.45) is 3.23. The first-order chi connectivity index (χ1) is 12.9. The average Bonchev–Trinajstić information content (AvgIpc) is 2.95. The zero-order valence-corrected chi connectivity index (χ0v) is 15.6. The number of sulfonamides is 1. The molecule has 1 saturated heterocycles. The van der Waals surface area contributed by atoms with Crippen LogP contribution in [0.5, 0.6) is 5.75 Å². The fraction of sp³-hybridized carbons (Fsp3) is 0.353. The predicted octanol–water partition coefficient (Wildman–Crippen LogP) is 1.08. The van der Waals surface area contributed by atoms with E-state index in [0.29, 0.717) is 44.2 Å². The minimum atomic E-state index is -3.60. The minimum absolute atomic E-state index is 0.128. The van der Waals surface area contributed by atoms with Crippen LogP contribution in [-0.4, -0.2) is 67.1 Å². The number of carbonyl (C=O) groups is 1. The van der Waals surface area contributed by atoms with E-state index in [2.05, 4.69) is 9.97 Å². The number of carboxylic acid groups (broad SMARTS) is 1. The van der Waals surface area contributed by atoms with E-state index in [1.165, 1.54) is 35.9 Å². The fourth-order valence-corrected chi connectivity index (χ4v) is 4.32. The highest BCUT2D eigenvalue weighted by Gasteiger charge is 2.27. The number of aromatic nitrogens is 2. The summed E-state index contributed by atoms with van der Waals surface area (Å²) >= 11 is 0. The summed E-state index contributed by atoms with van der Waals surface area (Å²) in [5.74, 6) is -0.00949. The largest absolute Gasteiger partial charge is 0.497 e. The van der Waals surface area contributed by atoms with Crippen molar-refractivity contribution < 1.29 is 23.1 Å². The van der Waals surface area contributed by atoms with E-state index >= 15 is 0 Å². The topological polar surface area (TPSA) is 113 Å². The second-order valence-electron chi connectivity index (χ2n) is 5.99. The molecular weight excluding hydrogens is 372 g/mol. The predicted molar refractivity (Wildman–Crippen MR) is 97.6 cm³/mol. The lowest BCUT2D eigenvalue weighted by molar-refractivity contribution is 0.0690. The Morgan fingerprint density at radius 1 is 1.07 bits per heavy atom. The smallest absolute Gasteiger partial charge is 0.356 e. The number of carboxylic acids is 1. The summed E-state index contributed by atoms with van der Waals surface area (Å²) < 4.78 is 32.3. The molecule has 1 aromatic heterocycles. The lowest BCUT2D eigenvalue weighted by Crippen LogP contribution is -2.35. The molecule has 0 unspecified atom stereocenters. The fourth-order valence-electron chi connectivity index (χ4n) is 2.85. The highest BCUT2D eigenvalue weighted by molar-refractivity contribution is 7.89. The summed E-state index contributed by atoms with van der Waals surface area (Å²) in [6, 6.07) is 6.31.